The molecule has 0 amide bonds. The molecule has 10 heteroatoms. The number of carboxylic acids is 1. The summed E-state index contributed by atoms with van der Waals surface area (Å²) in [6, 6.07) is 9.11. The van der Waals surface area contributed by atoms with Gasteiger partial charge in [-0.3, -0.25) is 4.79 Å². The van der Waals surface area contributed by atoms with Gasteiger partial charge in [-0.25, -0.2) is 0 Å². The maximum Gasteiger partial charge on any atom is 0.421 e. The summed E-state index contributed by atoms with van der Waals surface area (Å²) in [6.45, 7) is 0. The standard InChI is InChI=1S/C20H20Cl2F3NO3S/c21-14-5-6-15(16(22)11-14)12-1-3-13(4-2-12)19(29,20(23,24)25)8-10-30-9-7-17(26)18(27)28/h1-6,11,17,29H,7-10,26H2,(H,27,28). The summed E-state index contributed by atoms with van der Waals surface area (Å²) in [5.74, 6) is -0.911. The van der Waals surface area contributed by atoms with Crippen LogP contribution in [-0.2, 0) is 10.4 Å². The van der Waals surface area contributed by atoms with Crippen LogP contribution in [0.1, 0.15) is 18.4 Å². The first kappa shape index (κ1) is 24.8. The molecule has 0 aliphatic rings. The number of thioether (sulfide) groups is 1. The third-order valence-corrected chi connectivity index (χ3v) is 6.14. The zero-order chi connectivity index (χ0) is 22.5. The van der Waals surface area contributed by atoms with E-state index >= 15 is 0 Å². The molecule has 30 heavy (non-hydrogen) atoms. The molecule has 2 aromatic rings. The number of halogens is 5. The van der Waals surface area contributed by atoms with Gasteiger partial charge in [-0.2, -0.15) is 24.9 Å². The Bertz CT molecular complexity index is 881. The smallest absolute Gasteiger partial charge is 0.421 e. The van der Waals surface area contributed by atoms with E-state index < -0.39 is 30.2 Å². The number of hydrogen-bond acceptors (Lipinski definition) is 4. The average molecular weight is 482 g/mol. The molecule has 0 spiro atoms. The van der Waals surface area contributed by atoms with Crippen LogP contribution in [0.2, 0.25) is 10.0 Å². The van der Waals surface area contributed by atoms with Crippen LogP contribution in [0, 0.1) is 0 Å². The molecule has 4 N–H and O–H groups in total. The summed E-state index contributed by atoms with van der Waals surface area (Å²) in [7, 11) is 0. The molecule has 0 aromatic heterocycles. The highest BCUT2D eigenvalue weighted by atomic mass is 35.5. The largest absolute Gasteiger partial charge is 0.480 e. The van der Waals surface area contributed by atoms with Crippen molar-refractivity contribution in [1.82, 2.24) is 0 Å². The number of rotatable bonds is 9. The number of aliphatic carboxylic acids is 1. The van der Waals surface area contributed by atoms with Crippen molar-refractivity contribution in [2.75, 3.05) is 11.5 Å². The van der Waals surface area contributed by atoms with Gasteiger partial charge in [-0.05, 0) is 47.6 Å². The molecule has 0 saturated heterocycles. The molecule has 2 aromatic carbocycles. The van der Waals surface area contributed by atoms with Gasteiger partial charge in [0.05, 0.1) is 0 Å². The first-order chi connectivity index (χ1) is 14.0. The van der Waals surface area contributed by atoms with E-state index in [-0.39, 0.29) is 23.5 Å². The summed E-state index contributed by atoms with van der Waals surface area (Å²) in [6.07, 6.45) is -5.34. The zero-order valence-corrected chi connectivity index (χ0v) is 18.0. The van der Waals surface area contributed by atoms with Crippen molar-refractivity contribution in [3.8, 4) is 11.1 Å². The van der Waals surface area contributed by atoms with Gasteiger partial charge < -0.3 is 15.9 Å². The highest BCUT2D eigenvalue weighted by Crippen LogP contribution is 2.43. The zero-order valence-electron chi connectivity index (χ0n) is 15.6. The number of hydrogen-bond donors (Lipinski definition) is 3. The summed E-state index contributed by atoms with van der Waals surface area (Å²) in [5.41, 5.74) is 3.24. The van der Waals surface area contributed by atoms with Gasteiger partial charge in [-0.15, -0.1) is 0 Å². The molecule has 0 aliphatic carbocycles. The lowest BCUT2D eigenvalue weighted by Gasteiger charge is -2.31. The van der Waals surface area contributed by atoms with Crippen molar-refractivity contribution in [1.29, 1.82) is 0 Å². The number of alkyl halides is 3. The first-order valence-corrected chi connectivity index (χ1v) is 10.8. The fourth-order valence-electron chi connectivity index (χ4n) is 2.75. The molecule has 0 bridgehead atoms. The van der Waals surface area contributed by atoms with E-state index in [1.165, 1.54) is 30.3 Å². The minimum absolute atomic E-state index is 0.0207. The van der Waals surface area contributed by atoms with Gasteiger partial charge in [-0.1, -0.05) is 53.5 Å². The van der Waals surface area contributed by atoms with Crippen LogP contribution >= 0.6 is 35.0 Å². The Kier molecular flexibility index (Phi) is 8.47. The highest BCUT2D eigenvalue weighted by Gasteiger charge is 2.54. The van der Waals surface area contributed by atoms with E-state index in [0.717, 1.165) is 11.8 Å². The van der Waals surface area contributed by atoms with E-state index in [1.54, 1.807) is 12.1 Å². The van der Waals surface area contributed by atoms with Gasteiger partial charge >= 0.3 is 12.1 Å². The molecule has 0 fully saturated rings. The van der Waals surface area contributed by atoms with Crippen LogP contribution in [0.15, 0.2) is 42.5 Å². The quantitative estimate of drug-likeness (QED) is 0.421. The molecule has 0 heterocycles. The minimum Gasteiger partial charge on any atom is -0.480 e. The lowest BCUT2D eigenvalue weighted by atomic mass is 9.89. The van der Waals surface area contributed by atoms with Crippen molar-refractivity contribution in [3.63, 3.8) is 0 Å². The maximum atomic E-state index is 13.7. The molecule has 4 nitrogen and oxygen atoms in total. The van der Waals surface area contributed by atoms with Gasteiger partial charge in [0.25, 0.3) is 0 Å². The molecule has 2 unspecified atom stereocenters. The number of aliphatic hydroxyl groups is 1. The van der Waals surface area contributed by atoms with Crippen LogP contribution in [0.5, 0.6) is 0 Å². The van der Waals surface area contributed by atoms with Gasteiger partial charge in [0.2, 0.25) is 0 Å². The number of carboxylic acid groups (broad SMARTS) is 1. The third-order valence-electron chi connectivity index (χ3n) is 4.57. The first-order valence-electron chi connectivity index (χ1n) is 8.87. The Morgan fingerprint density at radius 3 is 2.27 bits per heavy atom. The van der Waals surface area contributed by atoms with Gasteiger partial charge in [0.15, 0.2) is 5.60 Å². The van der Waals surface area contributed by atoms with Crippen molar-refractivity contribution in [2.24, 2.45) is 5.73 Å². The second-order valence-electron chi connectivity index (χ2n) is 6.66. The Morgan fingerprint density at radius 2 is 1.73 bits per heavy atom. The van der Waals surface area contributed by atoms with E-state index in [2.05, 4.69) is 0 Å². The predicted octanol–water partition coefficient (Wildman–Crippen LogP) is 5.34. The fourth-order valence-corrected chi connectivity index (χ4v) is 4.34. The van der Waals surface area contributed by atoms with E-state index in [9.17, 15) is 23.1 Å². The molecule has 0 radical (unpaired) electrons. The summed E-state index contributed by atoms with van der Waals surface area (Å²) in [4.78, 5) is 10.7. The topological polar surface area (TPSA) is 83.5 Å². The highest BCUT2D eigenvalue weighted by molar-refractivity contribution is 7.99. The lowest BCUT2D eigenvalue weighted by molar-refractivity contribution is -0.267. The summed E-state index contributed by atoms with van der Waals surface area (Å²) >= 11 is 13.1. The second kappa shape index (κ2) is 10.2. The monoisotopic (exact) mass is 481 g/mol. The molecule has 0 saturated carbocycles. The molecular formula is C20H20Cl2F3NO3S. The van der Waals surface area contributed by atoms with Crippen LogP contribution in [0.25, 0.3) is 11.1 Å². The molecular weight excluding hydrogens is 462 g/mol. The Balaban J connectivity index is 2.13. The van der Waals surface area contributed by atoms with Gasteiger partial charge in [0.1, 0.15) is 6.04 Å². The number of nitrogens with two attached hydrogens (primary N) is 1. The summed E-state index contributed by atoms with van der Waals surface area (Å²) < 4.78 is 41.0. The molecule has 164 valence electrons. The van der Waals surface area contributed by atoms with Crippen LogP contribution < -0.4 is 5.73 Å². The van der Waals surface area contributed by atoms with Crippen molar-refractivity contribution < 1.29 is 28.2 Å². The van der Waals surface area contributed by atoms with Crippen LogP contribution in [-0.4, -0.2) is 39.9 Å². The predicted molar refractivity (Wildman–Crippen MR) is 114 cm³/mol. The lowest BCUT2D eigenvalue weighted by Crippen LogP contribution is -2.42. The second-order valence-corrected chi connectivity index (χ2v) is 8.72. The molecule has 2 atom stereocenters. The Labute approximate surface area is 186 Å². The minimum atomic E-state index is -4.88. The molecule has 2 rings (SSSR count). The normalized spacial score (nSPS) is 14.9. The van der Waals surface area contributed by atoms with Gasteiger partial charge in [0, 0.05) is 15.6 Å². The van der Waals surface area contributed by atoms with Crippen molar-refractivity contribution in [3.05, 3.63) is 58.1 Å². The Hall–Kier alpha value is -1.45. The van der Waals surface area contributed by atoms with E-state index in [0.29, 0.717) is 21.2 Å². The molecule has 0 aliphatic heterocycles. The third kappa shape index (κ3) is 6.04. The number of benzene rings is 2. The van der Waals surface area contributed by atoms with Crippen molar-refractivity contribution >= 4 is 40.9 Å². The number of carbonyl (C=O) groups is 1. The fraction of sp³-hybridized carbons (Fsp3) is 0.350. The van der Waals surface area contributed by atoms with Crippen LogP contribution in [0.3, 0.4) is 0 Å². The Morgan fingerprint density at radius 1 is 1.10 bits per heavy atom. The maximum absolute atomic E-state index is 13.7. The van der Waals surface area contributed by atoms with E-state index in [1.807, 2.05) is 0 Å². The van der Waals surface area contributed by atoms with Crippen LogP contribution in [0.4, 0.5) is 13.2 Å². The van der Waals surface area contributed by atoms with Crippen molar-refractivity contribution in [2.45, 2.75) is 30.7 Å². The summed E-state index contributed by atoms with van der Waals surface area (Å²) in [5, 5.41) is 20.0. The van der Waals surface area contributed by atoms with E-state index in [4.69, 9.17) is 34.0 Å². The SMILES string of the molecule is NC(CCSCCC(O)(c1ccc(-c2ccc(Cl)cc2Cl)cc1)C(F)(F)F)C(=O)O. The average Bonchev–Trinajstić information content (AvgIpc) is 2.66.